The first-order valence-electron chi connectivity index (χ1n) is 5.98. The average molecular weight is 321 g/mol. The fourth-order valence-electron chi connectivity index (χ4n) is 0. The Morgan fingerprint density at radius 1 is 0.588 bits per heavy atom. The van der Waals surface area contributed by atoms with Crippen LogP contribution in [-0.4, -0.2) is 41.1 Å². The Balaban J connectivity index is -0.0000000667. The normalized spacial score (nSPS) is 9.82. The maximum absolute atomic E-state index is 8.88. The lowest BCUT2D eigenvalue weighted by Crippen LogP contribution is -1.84. The third kappa shape index (κ3) is 6310. The highest BCUT2D eigenvalue weighted by Crippen LogP contribution is 2.25. The van der Waals surface area contributed by atoms with Gasteiger partial charge in [-0.15, -0.1) is 0 Å². The molecule has 0 heterocycles. The van der Waals surface area contributed by atoms with Gasteiger partial charge in [0.1, 0.15) is 0 Å². The molecule has 0 saturated carbocycles. The van der Waals surface area contributed by atoms with Crippen molar-refractivity contribution in [2.45, 2.75) is 58.9 Å². The predicted molar refractivity (Wildman–Crippen MR) is 88.5 cm³/mol. The van der Waals surface area contributed by atoms with Crippen LogP contribution in [0.25, 0.3) is 0 Å². The van der Waals surface area contributed by atoms with Gasteiger partial charge in [0.15, 0.2) is 0 Å². The summed E-state index contributed by atoms with van der Waals surface area (Å²) in [5.74, 6) is 0. The van der Waals surface area contributed by atoms with Gasteiger partial charge >= 0.3 is 7.82 Å². The van der Waals surface area contributed by atoms with E-state index in [1.807, 2.05) is 0 Å². The van der Waals surface area contributed by atoms with Crippen LogP contribution in [-0.2, 0) is 4.57 Å². The zero-order chi connectivity index (χ0) is 15.2. The minimum Gasteiger partial charge on any atom is -0.303 e. The molecule has 0 atom stereocenters. The average Bonchev–Trinajstić information content (AvgIpc) is 1.73. The second-order valence-electron chi connectivity index (χ2n) is 5.71. The highest BCUT2D eigenvalue weighted by atomic mass is 31.2. The summed E-state index contributed by atoms with van der Waals surface area (Å²) in [4.78, 5) is 21.6. The quantitative estimate of drug-likeness (QED) is 0.473. The Hall–Kier alpha value is 0.761. The molecule has 0 saturated heterocycles. The molecule has 0 aromatic heterocycles. The first-order chi connectivity index (χ1) is 7.20. The van der Waals surface area contributed by atoms with Gasteiger partial charge < -0.3 is 14.7 Å². The maximum Gasteiger partial charge on any atom is 0.466 e. The summed E-state index contributed by atoms with van der Waals surface area (Å²) in [6.07, 6.45) is 0. The molecule has 0 spiro atoms. The third-order valence-corrected chi connectivity index (χ3v) is 0. The molecule has 4 nitrogen and oxygen atoms in total. The molecule has 0 aliphatic carbocycles. The summed E-state index contributed by atoms with van der Waals surface area (Å²) in [5.41, 5.74) is 0. The third-order valence-electron chi connectivity index (χ3n) is 0. The SMILES string of the molecule is C[SiH](C)C.C[SiH](C)C.C[SiH](C)C.O=P(O)(O)O. The molecule has 0 amide bonds. The molecule has 0 aromatic rings. The number of rotatable bonds is 0. The topological polar surface area (TPSA) is 77.8 Å². The van der Waals surface area contributed by atoms with E-state index >= 15 is 0 Å². The van der Waals surface area contributed by atoms with Crippen LogP contribution in [0.3, 0.4) is 0 Å². The van der Waals surface area contributed by atoms with Crippen LogP contribution in [0.5, 0.6) is 0 Å². The molecule has 0 radical (unpaired) electrons. The number of hydrogen-bond acceptors (Lipinski definition) is 1. The molecule has 3 N–H and O–H groups in total. The van der Waals surface area contributed by atoms with Gasteiger partial charge in [-0.2, -0.15) is 0 Å². The van der Waals surface area contributed by atoms with Gasteiger partial charge in [0.05, 0.1) is 0 Å². The Morgan fingerprint density at radius 2 is 0.588 bits per heavy atom. The van der Waals surface area contributed by atoms with E-state index < -0.39 is 7.82 Å². The van der Waals surface area contributed by atoms with Crippen LogP contribution in [0.4, 0.5) is 0 Å². The van der Waals surface area contributed by atoms with Crippen molar-refractivity contribution in [3.63, 3.8) is 0 Å². The smallest absolute Gasteiger partial charge is 0.303 e. The molecule has 0 rings (SSSR count). The Bertz CT molecular complexity index is 141. The van der Waals surface area contributed by atoms with E-state index in [0.717, 1.165) is 0 Å². The summed E-state index contributed by atoms with van der Waals surface area (Å²) in [5, 5.41) is 0. The van der Waals surface area contributed by atoms with Crippen LogP contribution < -0.4 is 0 Å². The second kappa shape index (κ2) is 16.8. The minimum atomic E-state index is -4.64. The van der Waals surface area contributed by atoms with E-state index in [1.165, 1.54) is 0 Å². The van der Waals surface area contributed by atoms with E-state index in [0.29, 0.717) is 0 Å². The second-order valence-corrected chi connectivity index (χ2v) is 17.1. The fourth-order valence-corrected chi connectivity index (χ4v) is 0. The van der Waals surface area contributed by atoms with E-state index in [9.17, 15) is 0 Å². The van der Waals surface area contributed by atoms with E-state index in [2.05, 4.69) is 58.9 Å². The molecule has 0 unspecified atom stereocenters. The zero-order valence-electron chi connectivity index (χ0n) is 12.9. The lowest BCUT2D eigenvalue weighted by Gasteiger charge is -1.82. The van der Waals surface area contributed by atoms with Gasteiger partial charge in [0.25, 0.3) is 0 Å². The van der Waals surface area contributed by atoms with Crippen molar-refractivity contribution >= 4 is 34.2 Å². The standard InChI is InChI=1S/3C3H10Si.H3O4P/c3*1-4(2)3;1-5(2,3)4/h3*4H,1-3H3;(H3,1,2,3,4). The monoisotopic (exact) mass is 320 g/mol. The van der Waals surface area contributed by atoms with Crippen molar-refractivity contribution < 1.29 is 19.2 Å². The van der Waals surface area contributed by atoms with Crippen molar-refractivity contribution in [3.05, 3.63) is 0 Å². The van der Waals surface area contributed by atoms with Crippen molar-refractivity contribution in [1.29, 1.82) is 0 Å². The van der Waals surface area contributed by atoms with Crippen LogP contribution in [0.1, 0.15) is 0 Å². The Labute approximate surface area is 113 Å². The fraction of sp³-hybridized carbons (Fsp3) is 1.00. The molecule has 110 valence electrons. The highest BCUT2D eigenvalue weighted by molar-refractivity contribution is 7.45. The minimum absolute atomic E-state index is 0.139. The van der Waals surface area contributed by atoms with Crippen molar-refractivity contribution in [2.24, 2.45) is 0 Å². The molecule has 0 aliphatic rings. The highest BCUT2D eigenvalue weighted by Gasteiger charge is 2.00. The van der Waals surface area contributed by atoms with Gasteiger partial charge in [-0.1, -0.05) is 58.9 Å². The molecule has 0 bridgehead atoms. The summed E-state index contributed by atoms with van der Waals surface area (Å²) < 4.78 is 8.88. The number of phosphoric acid groups is 1. The summed E-state index contributed by atoms with van der Waals surface area (Å²) in [7, 11) is -5.06. The largest absolute Gasteiger partial charge is 0.466 e. The van der Waals surface area contributed by atoms with E-state index in [-0.39, 0.29) is 26.4 Å². The van der Waals surface area contributed by atoms with Gasteiger partial charge in [-0.3, -0.25) is 0 Å². The molecule has 0 aliphatic heterocycles. The van der Waals surface area contributed by atoms with Gasteiger partial charge in [-0.05, 0) is 0 Å². The van der Waals surface area contributed by atoms with Crippen LogP contribution in [0.15, 0.2) is 0 Å². The van der Waals surface area contributed by atoms with Crippen LogP contribution >= 0.6 is 7.82 Å². The zero-order valence-corrected chi connectivity index (χ0v) is 17.3. The van der Waals surface area contributed by atoms with Crippen molar-refractivity contribution in [2.75, 3.05) is 0 Å². The van der Waals surface area contributed by atoms with E-state index in [4.69, 9.17) is 19.2 Å². The predicted octanol–water partition coefficient (Wildman–Crippen LogP) is 2.38. The van der Waals surface area contributed by atoms with Crippen molar-refractivity contribution in [1.82, 2.24) is 0 Å². The Kier molecular flexibility index (Phi) is 26.0. The lowest BCUT2D eigenvalue weighted by molar-refractivity contribution is 0.275. The molecular weight excluding hydrogens is 287 g/mol. The molecule has 0 aromatic carbocycles. The summed E-state index contributed by atoms with van der Waals surface area (Å²) in [6, 6.07) is 0. The molecular formula is C9H33O4PSi3. The van der Waals surface area contributed by atoms with Crippen molar-refractivity contribution in [3.8, 4) is 0 Å². The Morgan fingerprint density at radius 3 is 0.588 bits per heavy atom. The van der Waals surface area contributed by atoms with Gasteiger partial charge in [-0.25, -0.2) is 4.57 Å². The van der Waals surface area contributed by atoms with E-state index in [1.54, 1.807) is 0 Å². The summed E-state index contributed by atoms with van der Waals surface area (Å²) in [6.45, 7) is 20.8. The molecule has 17 heavy (non-hydrogen) atoms. The lowest BCUT2D eigenvalue weighted by atomic mass is 11.8. The van der Waals surface area contributed by atoms with Gasteiger partial charge in [0.2, 0.25) is 0 Å². The van der Waals surface area contributed by atoms with Crippen LogP contribution in [0.2, 0.25) is 58.9 Å². The number of hydrogen-bond donors (Lipinski definition) is 3. The summed E-state index contributed by atoms with van der Waals surface area (Å²) >= 11 is 0. The van der Waals surface area contributed by atoms with Crippen LogP contribution in [0, 0.1) is 0 Å². The maximum atomic E-state index is 8.88. The first kappa shape index (κ1) is 26.3. The molecule has 0 fully saturated rings. The first-order valence-corrected chi connectivity index (χ1v) is 17.9. The molecule has 8 heteroatoms. The van der Waals surface area contributed by atoms with Gasteiger partial charge in [0, 0.05) is 26.4 Å².